The molecule has 4 aromatic rings. The summed E-state index contributed by atoms with van der Waals surface area (Å²) in [6, 6.07) is 18.0. The molecule has 5 nitrogen and oxygen atoms in total. The normalized spacial score (nSPS) is 10.8. The summed E-state index contributed by atoms with van der Waals surface area (Å²) in [5.74, 6) is 0.731. The summed E-state index contributed by atoms with van der Waals surface area (Å²) in [7, 11) is 0. The van der Waals surface area contributed by atoms with E-state index >= 15 is 0 Å². The summed E-state index contributed by atoms with van der Waals surface area (Å²) >= 11 is 0. The van der Waals surface area contributed by atoms with Crippen molar-refractivity contribution in [3.8, 4) is 16.9 Å². The lowest BCUT2D eigenvalue weighted by Crippen LogP contribution is -2.01. The number of aryl methyl sites for hydroxylation is 1. The number of benzene rings is 2. The molecule has 2 aromatic heterocycles. The highest BCUT2D eigenvalue weighted by molar-refractivity contribution is 6.02. The number of nitrogens with zero attached hydrogens (tertiary/aromatic N) is 2. The van der Waals surface area contributed by atoms with E-state index < -0.39 is 0 Å². The topological polar surface area (TPSA) is 84.9 Å². The van der Waals surface area contributed by atoms with Crippen molar-refractivity contribution < 1.29 is 4.74 Å². The fraction of sp³-hybridized carbons (Fsp3) is 0.160. The molecule has 0 bridgehead atoms. The first-order valence-corrected chi connectivity index (χ1v) is 9.97. The van der Waals surface area contributed by atoms with Crippen LogP contribution in [0.1, 0.15) is 24.5 Å². The van der Waals surface area contributed by atoms with E-state index in [9.17, 15) is 0 Å². The molecule has 0 atom stereocenters. The predicted molar refractivity (Wildman–Crippen MR) is 122 cm³/mol. The van der Waals surface area contributed by atoms with Gasteiger partial charge in [-0.2, -0.15) is 0 Å². The number of ether oxygens (including phenoxy) is 1. The molecule has 2 aromatic carbocycles. The van der Waals surface area contributed by atoms with Crippen LogP contribution in [0, 0.1) is 5.41 Å². The van der Waals surface area contributed by atoms with Gasteiger partial charge in [-0.1, -0.05) is 24.3 Å². The maximum absolute atomic E-state index is 7.88. The van der Waals surface area contributed by atoms with E-state index in [2.05, 4.69) is 22.1 Å². The number of para-hydroxylation sites is 1. The van der Waals surface area contributed by atoms with E-state index in [0.717, 1.165) is 46.2 Å². The maximum atomic E-state index is 7.88. The lowest BCUT2D eigenvalue weighted by Gasteiger charge is -2.10. The molecule has 0 fully saturated rings. The number of hydrogen-bond acceptors (Lipinski definition) is 5. The lowest BCUT2D eigenvalue weighted by atomic mass is 10.0. The maximum Gasteiger partial charge on any atom is 0.138 e. The van der Waals surface area contributed by atoms with Gasteiger partial charge in [0, 0.05) is 40.3 Å². The zero-order valence-electron chi connectivity index (χ0n) is 16.9. The van der Waals surface area contributed by atoms with Crippen LogP contribution >= 0.6 is 0 Å². The Morgan fingerprint density at radius 1 is 1.00 bits per heavy atom. The van der Waals surface area contributed by atoms with Crippen LogP contribution in [-0.4, -0.2) is 22.3 Å². The molecule has 30 heavy (non-hydrogen) atoms. The van der Waals surface area contributed by atoms with Gasteiger partial charge in [0.2, 0.25) is 0 Å². The SMILES string of the molecule is CC(=N)c1cc(-c2cncc(OCCCc3cnc4ccccc4c3)c2)ccc1N. The number of anilines is 1. The molecule has 150 valence electrons. The van der Waals surface area contributed by atoms with E-state index in [0.29, 0.717) is 18.0 Å². The minimum absolute atomic E-state index is 0.442. The molecule has 3 N–H and O–H groups in total. The number of nitrogen functional groups attached to an aromatic ring is 1. The average Bonchev–Trinajstić information content (AvgIpc) is 2.77. The first-order valence-electron chi connectivity index (χ1n) is 9.97. The monoisotopic (exact) mass is 396 g/mol. The molecule has 0 amide bonds. The van der Waals surface area contributed by atoms with Gasteiger partial charge < -0.3 is 15.9 Å². The molecule has 0 aliphatic rings. The van der Waals surface area contributed by atoms with Crippen LogP contribution in [0.5, 0.6) is 5.75 Å². The summed E-state index contributed by atoms with van der Waals surface area (Å²) in [4.78, 5) is 8.82. The summed E-state index contributed by atoms with van der Waals surface area (Å²) in [6.45, 7) is 2.34. The Balaban J connectivity index is 1.38. The van der Waals surface area contributed by atoms with Crippen LogP contribution in [0.25, 0.3) is 22.0 Å². The Kier molecular flexibility index (Phi) is 5.70. The summed E-state index contributed by atoms with van der Waals surface area (Å²) in [5.41, 5.74) is 11.9. The largest absolute Gasteiger partial charge is 0.492 e. The van der Waals surface area contributed by atoms with Crippen molar-refractivity contribution in [3.05, 3.63) is 84.3 Å². The molecule has 4 rings (SSSR count). The van der Waals surface area contributed by atoms with Crippen molar-refractivity contribution >= 4 is 22.3 Å². The minimum Gasteiger partial charge on any atom is -0.492 e. The summed E-state index contributed by atoms with van der Waals surface area (Å²) in [6.07, 6.45) is 7.26. The third-order valence-corrected chi connectivity index (χ3v) is 5.03. The van der Waals surface area contributed by atoms with Crippen molar-refractivity contribution in [2.45, 2.75) is 19.8 Å². The number of hydrogen-bond donors (Lipinski definition) is 2. The van der Waals surface area contributed by atoms with E-state index in [4.69, 9.17) is 15.9 Å². The van der Waals surface area contributed by atoms with Crippen LogP contribution < -0.4 is 10.5 Å². The number of fused-ring (bicyclic) bond motifs is 1. The Morgan fingerprint density at radius 2 is 1.87 bits per heavy atom. The van der Waals surface area contributed by atoms with Crippen molar-refractivity contribution in [1.82, 2.24) is 9.97 Å². The van der Waals surface area contributed by atoms with E-state index in [1.54, 1.807) is 19.3 Å². The minimum atomic E-state index is 0.442. The Labute approximate surface area is 176 Å². The van der Waals surface area contributed by atoms with Gasteiger partial charge in [-0.25, -0.2) is 0 Å². The van der Waals surface area contributed by atoms with E-state index in [-0.39, 0.29) is 0 Å². The first-order chi connectivity index (χ1) is 14.6. The fourth-order valence-corrected chi connectivity index (χ4v) is 3.44. The van der Waals surface area contributed by atoms with Gasteiger partial charge in [-0.15, -0.1) is 0 Å². The predicted octanol–water partition coefficient (Wildman–Crippen LogP) is 5.28. The molecular formula is C25H24N4O. The average molecular weight is 396 g/mol. The number of nitrogens with two attached hydrogens (primary N) is 1. The second-order valence-electron chi connectivity index (χ2n) is 7.32. The van der Waals surface area contributed by atoms with Crippen LogP contribution in [0.15, 0.2) is 73.2 Å². The standard InChI is InChI=1S/C25H24N4O/c1-17(26)23-13-19(8-9-24(23)27)21-12-22(16-28-15-21)30-10-4-5-18-11-20-6-2-3-7-25(20)29-14-18/h2-3,6-9,11-16,26H,4-5,10,27H2,1H3. The first kappa shape index (κ1) is 19.6. The molecule has 0 saturated carbocycles. The molecule has 0 unspecified atom stereocenters. The van der Waals surface area contributed by atoms with Crippen molar-refractivity contribution in [2.75, 3.05) is 12.3 Å². The smallest absolute Gasteiger partial charge is 0.138 e. The summed E-state index contributed by atoms with van der Waals surface area (Å²) < 4.78 is 5.93. The fourth-order valence-electron chi connectivity index (χ4n) is 3.44. The van der Waals surface area contributed by atoms with Gasteiger partial charge in [0.25, 0.3) is 0 Å². The Morgan fingerprint density at radius 3 is 2.73 bits per heavy atom. The number of pyridine rings is 2. The molecule has 2 heterocycles. The molecule has 0 radical (unpaired) electrons. The van der Waals surface area contributed by atoms with Crippen molar-refractivity contribution in [3.63, 3.8) is 0 Å². The van der Waals surface area contributed by atoms with Crippen LogP contribution in [-0.2, 0) is 6.42 Å². The van der Waals surface area contributed by atoms with Crippen LogP contribution in [0.3, 0.4) is 0 Å². The van der Waals surface area contributed by atoms with Gasteiger partial charge in [0.15, 0.2) is 0 Å². The van der Waals surface area contributed by atoms with Gasteiger partial charge in [0.05, 0.1) is 18.3 Å². The Bertz CT molecular complexity index is 1200. The number of nitrogens with one attached hydrogen (secondary N) is 1. The second-order valence-corrected chi connectivity index (χ2v) is 7.32. The number of rotatable bonds is 7. The van der Waals surface area contributed by atoms with Gasteiger partial charge in [-0.05, 0) is 61.2 Å². The molecular weight excluding hydrogens is 372 g/mol. The zero-order valence-corrected chi connectivity index (χ0v) is 16.9. The third kappa shape index (κ3) is 4.46. The van der Waals surface area contributed by atoms with Crippen molar-refractivity contribution in [2.24, 2.45) is 0 Å². The molecule has 5 heteroatoms. The highest BCUT2D eigenvalue weighted by Crippen LogP contribution is 2.26. The molecule has 0 saturated heterocycles. The second kappa shape index (κ2) is 8.74. The van der Waals surface area contributed by atoms with Gasteiger partial charge in [0.1, 0.15) is 5.75 Å². The quantitative estimate of drug-likeness (QED) is 0.253. The van der Waals surface area contributed by atoms with E-state index in [1.807, 2.05) is 48.7 Å². The highest BCUT2D eigenvalue weighted by atomic mass is 16.5. The number of aromatic nitrogens is 2. The molecule has 0 aliphatic heterocycles. The molecule has 0 spiro atoms. The molecule has 0 aliphatic carbocycles. The van der Waals surface area contributed by atoms with Gasteiger partial charge >= 0.3 is 0 Å². The summed E-state index contributed by atoms with van der Waals surface area (Å²) in [5, 5.41) is 9.04. The van der Waals surface area contributed by atoms with Crippen LogP contribution in [0.4, 0.5) is 5.69 Å². The van der Waals surface area contributed by atoms with E-state index in [1.165, 1.54) is 5.56 Å². The highest BCUT2D eigenvalue weighted by Gasteiger charge is 2.07. The third-order valence-electron chi connectivity index (χ3n) is 5.03. The Hall–Kier alpha value is -3.73. The lowest BCUT2D eigenvalue weighted by molar-refractivity contribution is 0.310. The van der Waals surface area contributed by atoms with Crippen molar-refractivity contribution in [1.29, 1.82) is 5.41 Å². The van der Waals surface area contributed by atoms with Crippen LogP contribution in [0.2, 0.25) is 0 Å². The zero-order chi connectivity index (χ0) is 20.9. The van der Waals surface area contributed by atoms with Gasteiger partial charge in [-0.3, -0.25) is 9.97 Å².